The molecule has 0 radical (unpaired) electrons. The highest BCUT2D eigenvalue weighted by atomic mass is 127. The van der Waals surface area contributed by atoms with Crippen molar-refractivity contribution >= 4 is 45.1 Å². The zero-order valence-corrected chi connectivity index (χ0v) is 19.9. The maximum Gasteiger partial charge on any atom is 0.157 e. The van der Waals surface area contributed by atoms with Gasteiger partial charge in [-0.1, -0.05) is 18.5 Å². The Morgan fingerprint density at radius 1 is 1.17 bits per heavy atom. The van der Waals surface area contributed by atoms with E-state index in [1.165, 1.54) is 25.7 Å². The minimum Gasteiger partial charge on any atom is -0.353 e. The van der Waals surface area contributed by atoms with E-state index in [1.54, 1.807) is 6.20 Å². The zero-order valence-electron chi connectivity index (χ0n) is 16.9. The summed E-state index contributed by atoms with van der Waals surface area (Å²) < 4.78 is 12.9. The second-order valence-electron chi connectivity index (χ2n) is 8.43. The number of pyridine rings is 1. The van der Waals surface area contributed by atoms with Gasteiger partial charge in [-0.3, -0.25) is 0 Å². The number of nitrogens with zero attached hydrogens (tertiary/aromatic N) is 3. The van der Waals surface area contributed by atoms with Crippen molar-refractivity contribution in [3.8, 4) is 0 Å². The van der Waals surface area contributed by atoms with E-state index in [0.717, 1.165) is 64.9 Å². The summed E-state index contributed by atoms with van der Waals surface area (Å²) in [5.74, 6) is 2.33. The van der Waals surface area contributed by atoms with Gasteiger partial charge in [0.15, 0.2) is 6.29 Å². The van der Waals surface area contributed by atoms with Gasteiger partial charge in [-0.15, -0.1) is 0 Å². The van der Waals surface area contributed by atoms with Crippen LogP contribution in [0, 0.1) is 15.4 Å². The van der Waals surface area contributed by atoms with Crippen molar-refractivity contribution < 1.29 is 9.47 Å². The van der Waals surface area contributed by atoms with Gasteiger partial charge in [0, 0.05) is 25.4 Å². The van der Waals surface area contributed by atoms with Crippen LogP contribution in [0.5, 0.6) is 0 Å². The average Bonchev–Trinajstić information content (AvgIpc) is 2.76. The van der Waals surface area contributed by atoms with Crippen LogP contribution in [0.2, 0.25) is 5.15 Å². The number of hydrogen-bond donors (Lipinski definition) is 0. The molecule has 2 aromatic rings. The first-order valence-electron chi connectivity index (χ1n) is 10.8. The van der Waals surface area contributed by atoms with Gasteiger partial charge in [0.05, 0.1) is 20.6 Å². The molecule has 1 saturated heterocycles. The van der Waals surface area contributed by atoms with Crippen molar-refractivity contribution in [2.24, 2.45) is 11.8 Å². The lowest BCUT2D eigenvalue weighted by Crippen LogP contribution is -2.31. The molecule has 7 heteroatoms. The predicted octanol–water partition coefficient (Wildman–Crippen LogP) is 5.95. The third-order valence-corrected chi connectivity index (χ3v) is 7.50. The molecule has 0 amide bonds. The number of hydrogen-bond acceptors (Lipinski definition) is 5. The second-order valence-corrected chi connectivity index (χ2v) is 9.95. The van der Waals surface area contributed by atoms with Crippen molar-refractivity contribution in [3.63, 3.8) is 0 Å². The van der Waals surface area contributed by atoms with Crippen LogP contribution >= 0.6 is 34.2 Å². The van der Waals surface area contributed by atoms with Crippen LogP contribution in [0.4, 0.5) is 0 Å². The molecule has 0 bridgehead atoms. The third-order valence-electron chi connectivity index (χ3n) is 6.41. The van der Waals surface area contributed by atoms with Gasteiger partial charge in [-0.2, -0.15) is 0 Å². The Morgan fingerprint density at radius 2 is 2.00 bits per heavy atom. The van der Waals surface area contributed by atoms with Crippen molar-refractivity contribution in [1.82, 2.24) is 15.0 Å². The molecule has 2 aromatic heterocycles. The van der Waals surface area contributed by atoms with E-state index in [-0.39, 0.29) is 6.29 Å². The number of aromatic nitrogens is 3. The minimum atomic E-state index is 0.0410. The van der Waals surface area contributed by atoms with E-state index in [4.69, 9.17) is 26.1 Å². The van der Waals surface area contributed by atoms with Gasteiger partial charge in [-0.25, -0.2) is 15.0 Å². The highest BCUT2D eigenvalue weighted by Crippen LogP contribution is 2.34. The summed E-state index contributed by atoms with van der Waals surface area (Å²) in [4.78, 5) is 13.5. The average molecular weight is 530 g/mol. The molecule has 0 spiro atoms. The Morgan fingerprint density at radius 3 is 2.76 bits per heavy atom. The monoisotopic (exact) mass is 529 g/mol. The number of fused-ring (bicyclic) bond motifs is 1. The Labute approximate surface area is 191 Å². The molecule has 4 rings (SSSR count). The number of ether oxygens (including phenoxy) is 2. The lowest BCUT2D eigenvalue weighted by Gasteiger charge is -2.35. The zero-order chi connectivity index (χ0) is 20.2. The summed E-state index contributed by atoms with van der Waals surface area (Å²) in [5, 5.41) is 1.30. The molecule has 2 aliphatic rings. The molecular weight excluding hydrogens is 501 g/mol. The molecule has 1 saturated carbocycles. The molecule has 2 atom stereocenters. The summed E-state index contributed by atoms with van der Waals surface area (Å²) in [6.45, 7) is 3.23. The van der Waals surface area contributed by atoms with Gasteiger partial charge in [0.2, 0.25) is 0 Å². The maximum absolute atomic E-state index is 6.19. The van der Waals surface area contributed by atoms with Crippen LogP contribution in [0.25, 0.3) is 10.9 Å². The highest BCUT2D eigenvalue weighted by Gasteiger charge is 2.28. The van der Waals surface area contributed by atoms with Gasteiger partial charge in [0.25, 0.3) is 0 Å². The van der Waals surface area contributed by atoms with Gasteiger partial charge >= 0.3 is 0 Å². The van der Waals surface area contributed by atoms with Crippen LogP contribution < -0.4 is 0 Å². The lowest BCUT2D eigenvalue weighted by atomic mass is 9.78. The highest BCUT2D eigenvalue weighted by molar-refractivity contribution is 14.1. The van der Waals surface area contributed by atoms with E-state index in [9.17, 15) is 0 Å². The van der Waals surface area contributed by atoms with E-state index >= 15 is 0 Å². The van der Waals surface area contributed by atoms with Gasteiger partial charge < -0.3 is 9.47 Å². The largest absolute Gasteiger partial charge is 0.353 e. The first-order chi connectivity index (χ1) is 14.1. The summed E-state index contributed by atoms with van der Waals surface area (Å²) >= 11 is 8.43. The molecule has 0 N–H and O–H groups in total. The Kier molecular flexibility index (Phi) is 7.59. The molecule has 1 aliphatic heterocycles. The van der Waals surface area contributed by atoms with E-state index in [1.807, 2.05) is 6.20 Å². The van der Waals surface area contributed by atoms with Crippen LogP contribution in [-0.4, -0.2) is 34.0 Å². The van der Waals surface area contributed by atoms with Gasteiger partial charge in [0.1, 0.15) is 11.0 Å². The summed E-state index contributed by atoms with van der Waals surface area (Å²) in [6, 6.07) is 0. The molecule has 2 unspecified atom stereocenters. The van der Waals surface area contributed by atoms with Crippen LogP contribution in [-0.2, 0) is 15.9 Å². The Balaban J connectivity index is 1.26. The first-order valence-corrected chi connectivity index (χ1v) is 12.3. The van der Waals surface area contributed by atoms with Crippen molar-refractivity contribution in [1.29, 1.82) is 0 Å². The molecule has 2 fully saturated rings. The normalized spacial score (nSPS) is 26.5. The van der Waals surface area contributed by atoms with E-state index in [2.05, 4.69) is 39.5 Å². The summed E-state index contributed by atoms with van der Waals surface area (Å²) in [7, 11) is 0. The molecule has 1 aliphatic carbocycles. The minimum absolute atomic E-state index is 0.0410. The fourth-order valence-corrected chi connectivity index (χ4v) is 5.27. The second kappa shape index (κ2) is 10.2. The molecule has 3 heterocycles. The number of aryl methyl sites for hydroxylation is 1. The Hall–Kier alpha value is -0.570. The van der Waals surface area contributed by atoms with E-state index < -0.39 is 0 Å². The van der Waals surface area contributed by atoms with Gasteiger partial charge in [-0.05, 0) is 85.8 Å². The summed E-state index contributed by atoms with van der Waals surface area (Å²) in [5.41, 5.74) is 0.908. The topological polar surface area (TPSA) is 57.1 Å². The quantitative estimate of drug-likeness (QED) is 0.342. The maximum atomic E-state index is 6.19. The standard InChI is InChI=1S/C22H29ClIN3O2/c1-14(15-6-8-16(9-7-15)29-20-4-2-3-11-28-20)5-10-19-25-12-17-21(27-19)18(24)13-26-22(17)23/h12-16,20H,2-11H2,1H3. The molecule has 5 nitrogen and oxygen atoms in total. The molecule has 0 aromatic carbocycles. The predicted molar refractivity (Wildman–Crippen MR) is 123 cm³/mol. The molecule has 29 heavy (non-hydrogen) atoms. The number of halogens is 2. The van der Waals surface area contributed by atoms with Crippen LogP contribution in [0.1, 0.15) is 64.1 Å². The lowest BCUT2D eigenvalue weighted by molar-refractivity contribution is -0.195. The summed E-state index contributed by atoms with van der Waals surface area (Å²) in [6.07, 6.45) is 14.3. The van der Waals surface area contributed by atoms with Crippen molar-refractivity contribution in [2.45, 2.75) is 77.1 Å². The molecular formula is C22H29ClIN3O2. The smallest absolute Gasteiger partial charge is 0.157 e. The fourth-order valence-electron chi connectivity index (χ4n) is 4.54. The number of rotatable bonds is 6. The Bertz CT molecular complexity index is 823. The first kappa shape index (κ1) is 21.7. The fraction of sp³-hybridized carbons (Fsp3) is 0.682. The van der Waals surface area contributed by atoms with Crippen molar-refractivity contribution in [2.75, 3.05) is 6.61 Å². The van der Waals surface area contributed by atoms with Crippen LogP contribution in [0.3, 0.4) is 0 Å². The molecule has 158 valence electrons. The SMILES string of the molecule is CC(CCc1ncc2c(Cl)ncc(I)c2n1)C1CCC(OC2CCCCO2)CC1. The van der Waals surface area contributed by atoms with E-state index in [0.29, 0.717) is 17.2 Å². The van der Waals surface area contributed by atoms with Crippen LogP contribution in [0.15, 0.2) is 12.4 Å². The third kappa shape index (κ3) is 5.57. The van der Waals surface area contributed by atoms with Crippen molar-refractivity contribution in [3.05, 3.63) is 26.9 Å².